The summed E-state index contributed by atoms with van der Waals surface area (Å²) in [5, 5.41) is 17.6. The van der Waals surface area contributed by atoms with Crippen LogP contribution in [0.4, 0.5) is 0 Å². The van der Waals surface area contributed by atoms with Gasteiger partial charge >= 0.3 is 8.17 Å². The van der Waals surface area contributed by atoms with Crippen molar-refractivity contribution in [2.24, 2.45) is 0 Å². The minimum Gasteiger partial charge on any atom is -0.386 e. The first-order chi connectivity index (χ1) is 6.87. The van der Waals surface area contributed by atoms with Crippen LogP contribution in [0, 0.1) is 0 Å². The molecular weight excluding hydrogens is 229 g/mol. The maximum Gasteiger partial charge on any atom is 0.567 e. The van der Waals surface area contributed by atoms with Crippen LogP contribution in [0.1, 0.15) is 12.8 Å². The highest BCUT2D eigenvalue weighted by Gasteiger charge is 2.32. The molecule has 0 aromatic heterocycles. The van der Waals surface area contributed by atoms with Crippen LogP contribution in [-0.2, 0) is 9.32 Å². The average Bonchev–Trinajstić information content (AvgIpc) is 2.14. The summed E-state index contributed by atoms with van der Waals surface area (Å²) in [6, 6.07) is 0. The number of hydrogen-bond acceptors (Lipinski definition) is 7. The molecule has 0 heterocycles. The number of nitrogens with zero attached hydrogens (tertiary/aromatic N) is 1. The molecule has 0 radical (unpaired) electrons. The molecule has 0 rings (SSSR count). The molecule has 0 saturated carbocycles. The number of aliphatic hydroxyl groups is 1. The molecule has 0 saturated heterocycles. The highest BCUT2D eigenvalue weighted by atomic mass is 31.2. The molecule has 1 amide bonds. The van der Waals surface area contributed by atoms with Crippen molar-refractivity contribution in [2.45, 2.75) is 12.8 Å². The first kappa shape index (κ1) is 14.7. The Morgan fingerprint density at radius 1 is 1.27 bits per heavy atom. The molecule has 90 valence electrons. The maximum absolute atomic E-state index is 10.6. The fourth-order valence-electron chi connectivity index (χ4n) is 0.757. The van der Waals surface area contributed by atoms with Gasteiger partial charge in [0.05, 0.1) is 0 Å². The van der Waals surface area contributed by atoms with Gasteiger partial charge in [0.2, 0.25) is 0 Å². The molecule has 0 aromatic rings. The van der Waals surface area contributed by atoms with Crippen molar-refractivity contribution in [2.75, 3.05) is 19.8 Å². The van der Waals surface area contributed by atoms with Crippen molar-refractivity contribution < 1.29 is 34.3 Å². The third-order valence-electron chi connectivity index (χ3n) is 1.45. The van der Waals surface area contributed by atoms with Gasteiger partial charge in [0.1, 0.15) is 13.2 Å². The van der Waals surface area contributed by atoms with Gasteiger partial charge in [0.25, 0.3) is 5.91 Å². The molecule has 15 heavy (non-hydrogen) atoms. The van der Waals surface area contributed by atoms with Gasteiger partial charge in [0, 0.05) is 6.54 Å². The van der Waals surface area contributed by atoms with E-state index in [2.05, 4.69) is 4.52 Å². The lowest BCUT2D eigenvalue weighted by molar-refractivity contribution is -0.168. The van der Waals surface area contributed by atoms with Gasteiger partial charge in [-0.1, -0.05) is 0 Å². The molecular formula is C6H15NO7P+. The van der Waals surface area contributed by atoms with Crippen molar-refractivity contribution in [3.63, 3.8) is 0 Å². The first-order valence-corrected chi connectivity index (χ1v) is 5.75. The summed E-state index contributed by atoms with van der Waals surface area (Å²) in [5.41, 5.74) is 0. The second kappa shape index (κ2) is 7.02. The molecule has 0 bridgehead atoms. The number of aliphatic hydroxyl groups excluding tert-OH is 1. The Morgan fingerprint density at radius 3 is 2.33 bits per heavy atom. The van der Waals surface area contributed by atoms with Crippen LogP contribution in [0.2, 0.25) is 0 Å². The summed E-state index contributed by atoms with van der Waals surface area (Å²) >= 11 is 0. The molecule has 0 unspecified atom stereocenters. The van der Waals surface area contributed by atoms with E-state index in [1.54, 1.807) is 0 Å². The second-order valence-corrected chi connectivity index (χ2v) is 4.01. The summed E-state index contributed by atoms with van der Waals surface area (Å²) in [7, 11) is -4.19. The van der Waals surface area contributed by atoms with Crippen molar-refractivity contribution in [1.29, 1.82) is 0 Å². The quantitative estimate of drug-likeness (QED) is 0.162. The number of hydrogen-bond donors (Lipinski definition) is 5. The van der Waals surface area contributed by atoms with Crippen LogP contribution < -0.4 is 0 Å². The van der Waals surface area contributed by atoms with E-state index >= 15 is 0 Å². The van der Waals surface area contributed by atoms with Crippen LogP contribution in [0.5, 0.6) is 0 Å². The molecule has 0 aromatic carbocycles. The van der Waals surface area contributed by atoms with Crippen LogP contribution in [0.3, 0.4) is 0 Å². The Hall–Kier alpha value is -0.340. The highest BCUT2D eigenvalue weighted by molar-refractivity contribution is 7.53. The SMILES string of the molecule is O=C(CO)N(O)CCCCO[P+](O)(O)O. The normalized spacial score (nSPS) is 11.5. The van der Waals surface area contributed by atoms with Crippen LogP contribution in [0.15, 0.2) is 0 Å². The number of unbranched alkanes of at least 4 members (excludes halogenated alkanes) is 1. The summed E-state index contributed by atoms with van der Waals surface area (Å²) in [6.07, 6.45) is 0.654. The summed E-state index contributed by atoms with van der Waals surface area (Å²) in [5.74, 6) is -0.816. The van der Waals surface area contributed by atoms with Crippen molar-refractivity contribution in [1.82, 2.24) is 5.06 Å². The van der Waals surface area contributed by atoms with E-state index in [1.165, 1.54) is 0 Å². The molecule has 5 N–H and O–H groups in total. The van der Waals surface area contributed by atoms with E-state index in [0.717, 1.165) is 0 Å². The van der Waals surface area contributed by atoms with Crippen LogP contribution in [0.25, 0.3) is 0 Å². The van der Waals surface area contributed by atoms with Crippen molar-refractivity contribution in [3.8, 4) is 0 Å². The van der Waals surface area contributed by atoms with Crippen molar-refractivity contribution in [3.05, 3.63) is 0 Å². The number of carbonyl (C=O) groups is 1. The lowest BCUT2D eigenvalue weighted by Crippen LogP contribution is -2.30. The van der Waals surface area contributed by atoms with E-state index in [1.807, 2.05) is 0 Å². The topological polar surface area (TPSA) is 131 Å². The Morgan fingerprint density at radius 2 is 1.87 bits per heavy atom. The third-order valence-corrected chi connectivity index (χ3v) is 1.98. The van der Waals surface area contributed by atoms with Gasteiger partial charge in [-0.2, -0.15) is 19.2 Å². The van der Waals surface area contributed by atoms with E-state index < -0.39 is 20.7 Å². The predicted molar refractivity (Wildman–Crippen MR) is 49.3 cm³/mol. The van der Waals surface area contributed by atoms with Gasteiger partial charge in [-0.15, -0.1) is 0 Å². The Balaban J connectivity index is 3.43. The summed E-state index contributed by atoms with van der Waals surface area (Å²) < 4.78 is 4.24. The van der Waals surface area contributed by atoms with Gasteiger partial charge in [-0.25, -0.2) is 5.06 Å². The lowest BCUT2D eigenvalue weighted by Gasteiger charge is -2.12. The van der Waals surface area contributed by atoms with Crippen LogP contribution in [-0.4, -0.2) is 55.7 Å². The Bertz CT molecular complexity index is 194. The molecule has 9 heteroatoms. The minimum atomic E-state index is -4.19. The van der Waals surface area contributed by atoms with Gasteiger partial charge in [-0.05, 0) is 12.8 Å². The summed E-state index contributed by atoms with van der Waals surface area (Å²) in [4.78, 5) is 35.8. The first-order valence-electron chi connectivity index (χ1n) is 4.18. The van der Waals surface area contributed by atoms with E-state index in [9.17, 15) is 4.79 Å². The van der Waals surface area contributed by atoms with Gasteiger partial charge in [0.15, 0.2) is 0 Å². The average molecular weight is 244 g/mol. The molecule has 0 atom stereocenters. The van der Waals surface area contributed by atoms with Crippen LogP contribution >= 0.6 is 8.17 Å². The summed E-state index contributed by atoms with van der Waals surface area (Å²) in [6.45, 7) is -0.875. The number of hydroxylamine groups is 2. The van der Waals surface area contributed by atoms with E-state index in [0.29, 0.717) is 17.9 Å². The number of rotatable bonds is 7. The molecule has 0 aliphatic heterocycles. The lowest BCUT2D eigenvalue weighted by atomic mass is 10.3. The molecule has 0 aliphatic carbocycles. The molecule has 0 aliphatic rings. The second-order valence-electron chi connectivity index (χ2n) is 2.73. The standard InChI is InChI=1S/C6H15NO7P/c8-5-6(9)7(10)3-1-2-4-14-15(11,12)13/h8,10-13H,1-5H2/q+1. The fraction of sp³-hybridized carbons (Fsp3) is 0.833. The number of amides is 1. The highest BCUT2D eigenvalue weighted by Crippen LogP contribution is 2.45. The molecule has 8 nitrogen and oxygen atoms in total. The van der Waals surface area contributed by atoms with E-state index in [4.69, 9.17) is 25.0 Å². The molecule has 0 spiro atoms. The smallest absolute Gasteiger partial charge is 0.386 e. The number of carbonyl (C=O) groups excluding carboxylic acids is 1. The Labute approximate surface area is 87.0 Å². The third kappa shape index (κ3) is 8.64. The largest absolute Gasteiger partial charge is 0.567 e. The Kier molecular flexibility index (Phi) is 6.86. The minimum absolute atomic E-state index is 0.00349. The van der Waals surface area contributed by atoms with Gasteiger partial charge in [-0.3, -0.25) is 10.0 Å². The maximum atomic E-state index is 10.6. The monoisotopic (exact) mass is 244 g/mol. The fourth-order valence-corrected chi connectivity index (χ4v) is 1.13. The van der Waals surface area contributed by atoms with Crippen molar-refractivity contribution >= 4 is 14.1 Å². The predicted octanol–water partition coefficient (Wildman–Crippen LogP) is -1.35. The van der Waals surface area contributed by atoms with Gasteiger partial charge < -0.3 is 5.11 Å². The zero-order valence-electron chi connectivity index (χ0n) is 7.98. The molecule has 0 fully saturated rings. The van der Waals surface area contributed by atoms with E-state index in [-0.39, 0.29) is 13.2 Å². The zero-order chi connectivity index (χ0) is 11.9. The zero-order valence-corrected chi connectivity index (χ0v) is 8.88.